The summed E-state index contributed by atoms with van der Waals surface area (Å²) >= 11 is 0. The summed E-state index contributed by atoms with van der Waals surface area (Å²) in [6.45, 7) is 8.05. The molecular weight excluding hydrogens is 256 g/mol. The van der Waals surface area contributed by atoms with Gasteiger partial charge in [-0.15, -0.1) is 0 Å². The Hall–Kier alpha value is -0.880. The standard InChI is InChI=1S/C15H28N2O3/c1-4-5-16-11-14-10-15(20-13-14)12-17(6-8-18-2)7-9-19-3/h10,13,16H,4-9,11-12H2,1-3H3. The maximum atomic E-state index is 5.62. The Morgan fingerprint density at radius 1 is 1.20 bits per heavy atom. The van der Waals surface area contributed by atoms with E-state index in [-0.39, 0.29) is 0 Å². The predicted octanol–water partition coefficient (Wildman–Crippen LogP) is 1.87. The fourth-order valence-electron chi connectivity index (χ4n) is 1.94. The van der Waals surface area contributed by atoms with Gasteiger partial charge in [-0.3, -0.25) is 4.90 Å². The molecule has 0 bridgehead atoms. The van der Waals surface area contributed by atoms with E-state index < -0.39 is 0 Å². The molecule has 5 nitrogen and oxygen atoms in total. The minimum atomic E-state index is 0.718. The molecule has 0 aromatic carbocycles. The molecule has 0 aliphatic heterocycles. The third-order valence-corrected chi connectivity index (χ3v) is 3.07. The highest BCUT2D eigenvalue weighted by Gasteiger charge is 2.09. The van der Waals surface area contributed by atoms with Crippen molar-refractivity contribution >= 4 is 0 Å². The SMILES string of the molecule is CCCNCc1coc(CN(CCOC)CCOC)c1. The van der Waals surface area contributed by atoms with Crippen molar-refractivity contribution in [2.24, 2.45) is 0 Å². The van der Waals surface area contributed by atoms with E-state index in [9.17, 15) is 0 Å². The van der Waals surface area contributed by atoms with Crippen molar-refractivity contribution in [3.8, 4) is 0 Å². The van der Waals surface area contributed by atoms with Gasteiger partial charge in [0.15, 0.2) is 0 Å². The zero-order valence-electron chi connectivity index (χ0n) is 13.0. The van der Waals surface area contributed by atoms with Crippen molar-refractivity contribution in [1.29, 1.82) is 0 Å². The molecule has 0 atom stereocenters. The summed E-state index contributed by atoms with van der Waals surface area (Å²) in [6, 6.07) is 2.12. The molecule has 0 amide bonds. The Morgan fingerprint density at radius 2 is 1.90 bits per heavy atom. The van der Waals surface area contributed by atoms with Gasteiger partial charge in [-0.1, -0.05) is 6.92 Å². The van der Waals surface area contributed by atoms with E-state index in [1.165, 1.54) is 5.56 Å². The molecule has 1 aromatic heterocycles. The zero-order valence-corrected chi connectivity index (χ0v) is 13.0. The monoisotopic (exact) mass is 284 g/mol. The van der Waals surface area contributed by atoms with Crippen molar-refractivity contribution in [2.45, 2.75) is 26.4 Å². The quantitative estimate of drug-likeness (QED) is 0.594. The van der Waals surface area contributed by atoms with Crippen LogP contribution in [0.25, 0.3) is 0 Å². The van der Waals surface area contributed by atoms with Gasteiger partial charge in [0.25, 0.3) is 0 Å². The lowest BCUT2D eigenvalue weighted by molar-refractivity contribution is 0.106. The van der Waals surface area contributed by atoms with E-state index in [1.807, 2.05) is 6.26 Å². The molecule has 1 aromatic rings. The number of furan rings is 1. The average Bonchev–Trinajstić information content (AvgIpc) is 2.89. The van der Waals surface area contributed by atoms with Crippen LogP contribution in [0, 0.1) is 0 Å². The van der Waals surface area contributed by atoms with Gasteiger partial charge < -0.3 is 19.2 Å². The van der Waals surface area contributed by atoms with Crippen LogP contribution in [-0.2, 0) is 22.6 Å². The number of rotatable bonds is 12. The predicted molar refractivity (Wildman–Crippen MR) is 79.7 cm³/mol. The summed E-state index contributed by atoms with van der Waals surface area (Å²) < 4.78 is 15.9. The Kier molecular flexibility index (Phi) is 9.32. The molecule has 1 rings (SSSR count). The molecule has 0 aliphatic carbocycles. The summed E-state index contributed by atoms with van der Waals surface area (Å²) in [5, 5.41) is 3.37. The number of nitrogens with one attached hydrogen (secondary N) is 1. The maximum absolute atomic E-state index is 5.62. The first-order valence-electron chi connectivity index (χ1n) is 7.27. The maximum Gasteiger partial charge on any atom is 0.118 e. The normalized spacial score (nSPS) is 11.4. The van der Waals surface area contributed by atoms with E-state index in [0.29, 0.717) is 0 Å². The van der Waals surface area contributed by atoms with Crippen LogP contribution in [0.4, 0.5) is 0 Å². The Balaban J connectivity index is 2.41. The number of methoxy groups -OCH3 is 2. The van der Waals surface area contributed by atoms with E-state index in [4.69, 9.17) is 13.9 Å². The van der Waals surface area contributed by atoms with E-state index in [0.717, 1.165) is 58.1 Å². The van der Waals surface area contributed by atoms with Gasteiger partial charge in [0.2, 0.25) is 0 Å². The largest absolute Gasteiger partial charge is 0.468 e. The lowest BCUT2D eigenvalue weighted by Crippen LogP contribution is -2.30. The Morgan fingerprint density at radius 3 is 2.50 bits per heavy atom. The molecule has 0 radical (unpaired) electrons. The highest BCUT2D eigenvalue weighted by atomic mass is 16.5. The molecule has 20 heavy (non-hydrogen) atoms. The lowest BCUT2D eigenvalue weighted by atomic mass is 10.3. The first-order chi connectivity index (χ1) is 9.80. The number of ether oxygens (including phenoxy) is 2. The molecule has 0 fully saturated rings. The molecule has 0 spiro atoms. The fourth-order valence-corrected chi connectivity index (χ4v) is 1.94. The highest BCUT2D eigenvalue weighted by Crippen LogP contribution is 2.10. The third-order valence-electron chi connectivity index (χ3n) is 3.07. The smallest absolute Gasteiger partial charge is 0.118 e. The second-order valence-corrected chi connectivity index (χ2v) is 4.86. The van der Waals surface area contributed by atoms with Crippen molar-refractivity contribution in [1.82, 2.24) is 10.2 Å². The van der Waals surface area contributed by atoms with E-state index in [1.54, 1.807) is 14.2 Å². The molecule has 1 heterocycles. The first-order valence-corrected chi connectivity index (χ1v) is 7.27. The molecule has 0 aliphatic rings. The number of nitrogens with zero attached hydrogens (tertiary/aromatic N) is 1. The van der Waals surface area contributed by atoms with Crippen LogP contribution in [0.3, 0.4) is 0 Å². The highest BCUT2D eigenvalue weighted by molar-refractivity contribution is 5.12. The topological polar surface area (TPSA) is 46.9 Å². The Bertz CT molecular complexity index is 334. The van der Waals surface area contributed by atoms with Gasteiger partial charge in [0, 0.05) is 39.4 Å². The van der Waals surface area contributed by atoms with Crippen molar-refractivity contribution in [3.63, 3.8) is 0 Å². The number of hydrogen-bond donors (Lipinski definition) is 1. The molecule has 5 heteroatoms. The molecule has 0 saturated carbocycles. The van der Waals surface area contributed by atoms with Gasteiger partial charge in [-0.2, -0.15) is 0 Å². The van der Waals surface area contributed by atoms with Gasteiger partial charge >= 0.3 is 0 Å². The van der Waals surface area contributed by atoms with Gasteiger partial charge in [0.05, 0.1) is 26.0 Å². The molecule has 0 unspecified atom stereocenters. The minimum absolute atomic E-state index is 0.718. The number of hydrogen-bond acceptors (Lipinski definition) is 5. The van der Waals surface area contributed by atoms with Crippen LogP contribution in [0.2, 0.25) is 0 Å². The summed E-state index contributed by atoms with van der Waals surface area (Å²) in [4.78, 5) is 2.27. The van der Waals surface area contributed by atoms with E-state index in [2.05, 4.69) is 23.2 Å². The summed E-state index contributed by atoms with van der Waals surface area (Å²) in [7, 11) is 3.44. The van der Waals surface area contributed by atoms with Crippen molar-refractivity contribution in [3.05, 3.63) is 23.7 Å². The summed E-state index contributed by atoms with van der Waals surface area (Å²) in [5.41, 5.74) is 1.20. The summed E-state index contributed by atoms with van der Waals surface area (Å²) in [6.07, 6.45) is 2.98. The molecular formula is C15H28N2O3. The van der Waals surface area contributed by atoms with Crippen LogP contribution in [-0.4, -0.2) is 52.0 Å². The first kappa shape index (κ1) is 17.2. The second-order valence-electron chi connectivity index (χ2n) is 4.86. The van der Waals surface area contributed by atoms with Crippen LogP contribution >= 0.6 is 0 Å². The van der Waals surface area contributed by atoms with Crippen LogP contribution in [0.1, 0.15) is 24.7 Å². The third kappa shape index (κ3) is 7.05. The average molecular weight is 284 g/mol. The fraction of sp³-hybridized carbons (Fsp3) is 0.733. The van der Waals surface area contributed by atoms with Crippen molar-refractivity contribution in [2.75, 3.05) is 47.1 Å². The summed E-state index contributed by atoms with van der Waals surface area (Å²) in [5.74, 6) is 0.991. The van der Waals surface area contributed by atoms with Crippen LogP contribution in [0.5, 0.6) is 0 Å². The van der Waals surface area contributed by atoms with Crippen molar-refractivity contribution < 1.29 is 13.9 Å². The second kappa shape index (κ2) is 10.9. The molecule has 1 N–H and O–H groups in total. The van der Waals surface area contributed by atoms with Gasteiger partial charge in [-0.05, 0) is 19.0 Å². The van der Waals surface area contributed by atoms with Crippen LogP contribution < -0.4 is 5.32 Å². The minimum Gasteiger partial charge on any atom is -0.468 e. The van der Waals surface area contributed by atoms with Gasteiger partial charge in [0.1, 0.15) is 5.76 Å². The zero-order chi connectivity index (χ0) is 14.6. The van der Waals surface area contributed by atoms with Crippen LogP contribution in [0.15, 0.2) is 16.7 Å². The molecule has 116 valence electrons. The van der Waals surface area contributed by atoms with Gasteiger partial charge in [-0.25, -0.2) is 0 Å². The van der Waals surface area contributed by atoms with E-state index >= 15 is 0 Å². The lowest BCUT2D eigenvalue weighted by Gasteiger charge is -2.20. The Labute approximate surface area is 122 Å². The molecule has 0 saturated heterocycles.